The molecule has 19 heteroatoms. The second kappa shape index (κ2) is 67.6. The maximum atomic E-state index is 13.0. The van der Waals surface area contributed by atoms with E-state index in [1.165, 1.54) is 218 Å². The number of hydrogen-bond donors (Lipinski definition) is 3. The van der Waals surface area contributed by atoms with Gasteiger partial charge in [0.25, 0.3) is 0 Å². The zero-order chi connectivity index (χ0) is 67.5. The molecule has 92 heavy (non-hydrogen) atoms. The number of aliphatic hydroxyl groups excluding tert-OH is 1. The van der Waals surface area contributed by atoms with Crippen molar-refractivity contribution in [2.24, 2.45) is 0 Å². The van der Waals surface area contributed by atoms with Gasteiger partial charge in [0.05, 0.1) is 26.4 Å². The summed E-state index contributed by atoms with van der Waals surface area (Å²) in [7, 11) is -9.90. The van der Waals surface area contributed by atoms with Crippen molar-refractivity contribution in [2.45, 2.75) is 406 Å². The van der Waals surface area contributed by atoms with Crippen LogP contribution in [0.3, 0.4) is 0 Å². The van der Waals surface area contributed by atoms with E-state index in [0.29, 0.717) is 25.7 Å². The molecule has 0 radical (unpaired) electrons. The minimum Gasteiger partial charge on any atom is -0.462 e. The Labute approximate surface area is 562 Å². The molecule has 0 bridgehead atoms. The summed E-state index contributed by atoms with van der Waals surface area (Å²) < 4.78 is 68.4. The number of ether oxygens (including phenoxy) is 4. The lowest BCUT2D eigenvalue weighted by Gasteiger charge is -2.21. The number of esters is 4. The standard InChI is InChI=1S/C73H142O17P2/c1-5-9-13-17-21-25-29-32-34-36-39-42-45-49-53-57-70(75)83-63-68(89-72(77)59-55-51-47-41-28-24-20-16-12-8-4)65-87-91(79,80)85-61-67(74)62-86-92(81,82)88-66-69(90-73(78)60-56-52-48-44-38-31-27-23-19-15-11-7-3)64-84-71(76)58-54-50-46-43-40-37-35-33-30-26-22-18-14-10-6-2/h67-69,74H,5-66H2,1-4H3,(H,79,80)(H,81,82)/t67-,68-,69-/m1/s1. The number of carbonyl (C=O) groups is 4. The van der Waals surface area contributed by atoms with Crippen molar-refractivity contribution in [1.29, 1.82) is 0 Å². The smallest absolute Gasteiger partial charge is 0.462 e. The lowest BCUT2D eigenvalue weighted by molar-refractivity contribution is -0.161. The van der Waals surface area contributed by atoms with Crippen LogP contribution < -0.4 is 0 Å². The molecular formula is C73H142O17P2. The summed E-state index contributed by atoms with van der Waals surface area (Å²) in [6, 6.07) is 0. The molecule has 0 aromatic heterocycles. The first-order valence-corrected chi connectivity index (χ1v) is 41.3. The highest BCUT2D eigenvalue weighted by Gasteiger charge is 2.30. The lowest BCUT2D eigenvalue weighted by Crippen LogP contribution is -2.30. The Morgan fingerprint density at radius 2 is 0.435 bits per heavy atom. The van der Waals surface area contributed by atoms with Crippen molar-refractivity contribution in [1.82, 2.24) is 0 Å². The Morgan fingerprint density at radius 1 is 0.261 bits per heavy atom. The Balaban J connectivity index is 5.21. The van der Waals surface area contributed by atoms with Crippen molar-refractivity contribution in [3.63, 3.8) is 0 Å². The predicted octanol–water partition coefficient (Wildman–Crippen LogP) is 21.4. The number of rotatable bonds is 74. The molecule has 5 atom stereocenters. The summed E-state index contributed by atoms with van der Waals surface area (Å²) in [6.45, 7) is 4.97. The number of hydrogen-bond acceptors (Lipinski definition) is 15. The summed E-state index contributed by atoms with van der Waals surface area (Å²) in [5.41, 5.74) is 0. The van der Waals surface area contributed by atoms with Crippen molar-refractivity contribution >= 4 is 39.5 Å². The van der Waals surface area contributed by atoms with Crippen LogP contribution in [0.1, 0.15) is 387 Å². The fourth-order valence-corrected chi connectivity index (χ4v) is 12.8. The molecule has 0 rings (SSSR count). The third kappa shape index (κ3) is 66.7. The second-order valence-electron chi connectivity index (χ2n) is 26.3. The zero-order valence-electron chi connectivity index (χ0n) is 59.5. The van der Waals surface area contributed by atoms with Gasteiger partial charge < -0.3 is 33.8 Å². The van der Waals surface area contributed by atoms with Crippen LogP contribution in [0.4, 0.5) is 0 Å². The van der Waals surface area contributed by atoms with Crippen LogP contribution in [-0.4, -0.2) is 96.7 Å². The van der Waals surface area contributed by atoms with Gasteiger partial charge >= 0.3 is 39.5 Å². The van der Waals surface area contributed by atoms with E-state index in [1.54, 1.807) is 0 Å². The lowest BCUT2D eigenvalue weighted by atomic mass is 10.0. The van der Waals surface area contributed by atoms with Crippen molar-refractivity contribution in [3.8, 4) is 0 Å². The zero-order valence-corrected chi connectivity index (χ0v) is 61.3. The molecule has 0 spiro atoms. The van der Waals surface area contributed by atoms with E-state index in [1.807, 2.05) is 0 Å². The molecule has 0 heterocycles. The van der Waals surface area contributed by atoms with Gasteiger partial charge in [-0.2, -0.15) is 0 Å². The summed E-state index contributed by atoms with van der Waals surface area (Å²) in [4.78, 5) is 72.7. The molecule has 0 saturated heterocycles. The third-order valence-corrected chi connectivity index (χ3v) is 19.0. The largest absolute Gasteiger partial charge is 0.472 e. The highest BCUT2D eigenvalue weighted by molar-refractivity contribution is 7.47. The Morgan fingerprint density at radius 3 is 0.641 bits per heavy atom. The van der Waals surface area contributed by atoms with E-state index in [2.05, 4.69) is 27.7 Å². The molecule has 0 fully saturated rings. The van der Waals surface area contributed by atoms with Gasteiger partial charge in [0.1, 0.15) is 19.3 Å². The Kier molecular flexibility index (Phi) is 66.2. The highest BCUT2D eigenvalue weighted by atomic mass is 31.2. The summed E-state index contributed by atoms with van der Waals surface area (Å²) in [5.74, 6) is -2.11. The first-order valence-electron chi connectivity index (χ1n) is 38.3. The fourth-order valence-electron chi connectivity index (χ4n) is 11.2. The first kappa shape index (κ1) is 90.1. The van der Waals surface area contributed by atoms with Crippen molar-refractivity contribution in [3.05, 3.63) is 0 Å². The van der Waals surface area contributed by atoms with Gasteiger partial charge in [-0.1, -0.05) is 336 Å². The van der Waals surface area contributed by atoms with Crippen LogP contribution in [0, 0.1) is 0 Å². The number of unbranched alkanes of at least 4 members (excludes halogenated alkanes) is 48. The van der Waals surface area contributed by atoms with E-state index < -0.39 is 97.5 Å². The highest BCUT2D eigenvalue weighted by Crippen LogP contribution is 2.45. The molecule has 0 aliphatic carbocycles. The van der Waals surface area contributed by atoms with E-state index in [4.69, 9.17) is 37.0 Å². The average Bonchev–Trinajstić information content (AvgIpc) is 1.81. The van der Waals surface area contributed by atoms with Gasteiger partial charge in [0, 0.05) is 25.7 Å². The first-order chi connectivity index (χ1) is 44.7. The summed E-state index contributed by atoms with van der Waals surface area (Å²) >= 11 is 0. The molecule has 2 unspecified atom stereocenters. The predicted molar refractivity (Wildman–Crippen MR) is 372 cm³/mol. The fraction of sp³-hybridized carbons (Fsp3) is 0.945. The quantitative estimate of drug-likeness (QED) is 0.0222. The number of carbonyl (C=O) groups excluding carboxylic acids is 4. The van der Waals surface area contributed by atoms with Crippen LogP contribution in [0.2, 0.25) is 0 Å². The summed E-state index contributed by atoms with van der Waals surface area (Å²) in [6.07, 6.45) is 56.7. The van der Waals surface area contributed by atoms with Crippen LogP contribution in [0.25, 0.3) is 0 Å². The van der Waals surface area contributed by atoms with Gasteiger partial charge in [-0.3, -0.25) is 37.3 Å². The van der Waals surface area contributed by atoms with E-state index in [-0.39, 0.29) is 25.7 Å². The van der Waals surface area contributed by atoms with Gasteiger partial charge in [0.15, 0.2) is 12.2 Å². The van der Waals surface area contributed by atoms with E-state index >= 15 is 0 Å². The number of phosphoric ester groups is 2. The van der Waals surface area contributed by atoms with Crippen LogP contribution in [0.15, 0.2) is 0 Å². The molecule has 546 valence electrons. The Bertz CT molecular complexity index is 1760. The molecular weight excluding hydrogens is 1210 g/mol. The van der Waals surface area contributed by atoms with Crippen molar-refractivity contribution in [2.75, 3.05) is 39.6 Å². The molecule has 0 aliphatic rings. The van der Waals surface area contributed by atoms with Crippen LogP contribution >= 0.6 is 15.6 Å². The molecule has 0 aromatic carbocycles. The minimum absolute atomic E-state index is 0.107. The molecule has 0 amide bonds. The molecule has 0 aliphatic heterocycles. The Hall–Kier alpha value is -1.94. The van der Waals surface area contributed by atoms with E-state index in [0.717, 1.165) is 89.9 Å². The molecule has 17 nitrogen and oxygen atoms in total. The normalized spacial score (nSPS) is 13.9. The van der Waals surface area contributed by atoms with E-state index in [9.17, 15) is 43.2 Å². The van der Waals surface area contributed by atoms with Crippen LogP contribution in [0.5, 0.6) is 0 Å². The second-order valence-corrected chi connectivity index (χ2v) is 29.2. The monoisotopic (exact) mass is 1350 g/mol. The number of aliphatic hydroxyl groups is 1. The maximum Gasteiger partial charge on any atom is 0.472 e. The van der Waals surface area contributed by atoms with Gasteiger partial charge in [0.2, 0.25) is 0 Å². The maximum absolute atomic E-state index is 13.0. The summed E-state index contributed by atoms with van der Waals surface area (Å²) in [5, 5.41) is 10.6. The van der Waals surface area contributed by atoms with Crippen molar-refractivity contribution < 1.29 is 80.2 Å². The minimum atomic E-state index is -4.95. The topological polar surface area (TPSA) is 237 Å². The molecule has 0 saturated carbocycles. The molecule has 3 N–H and O–H groups in total. The van der Waals surface area contributed by atoms with Crippen LogP contribution in [-0.2, 0) is 65.4 Å². The van der Waals surface area contributed by atoms with Gasteiger partial charge in [-0.05, 0) is 25.7 Å². The third-order valence-electron chi connectivity index (χ3n) is 17.1. The van der Waals surface area contributed by atoms with Gasteiger partial charge in [-0.15, -0.1) is 0 Å². The molecule has 0 aromatic rings. The SMILES string of the molecule is CCCCCCCCCCCCCCCCCC(=O)OC[C@H](COP(=O)(O)OC[C@@H](O)COP(=O)(O)OC[C@@H](COC(=O)CCCCCCCCCCCCCCCCC)OC(=O)CCCCCCCCCCCCCC)OC(=O)CCCCCCCCCCCC. The average molecular weight is 1350 g/mol. The number of phosphoric acid groups is 2. The van der Waals surface area contributed by atoms with Gasteiger partial charge in [-0.25, -0.2) is 9.13 Å².